The summed E-state index contributed by atoms with van der Waals surface area (Å²) in [6.07, 6.45) is 2.27. The van der Waals surface area contributed by atoms with E-state index in [-0.39, 0.29) is 5.54 Å². The molecule has 0 spiro atoms. The van der Waals surface area contributed by atoms with Crippen LogP contribution in [0.25, 0.3) is 11.3 Å². The fraction of sp³-hybridized carbons (Fsp3) is 0.438. The monoisotopic (exact) mass is 270 g/mol. The van der Waals surface area contributed by atoms with Crippen molar-refractivity contribution in [3.63, 3.8) is 0 Å². The lowest BCUT2D eigenvalue weighted by atomic mass is 9.97. The second kappa shape index (κ2) is 3.90. The maximum absolute atomic E-state index is 4.96. The first-order valence-corrected chi connectivity index (χ1v) is 7.77. The normalized spacial score (nSPS) is 23.4. The lowest BCUT2D eigenvalue weighted by molar-refractivity contribution is 0.456. The van der Waals surface area contributed by atoms with Gasteiger partial charge in [0.25, 0.3) is 0 Å². The number of aromatic nitrogens is 1. The molecule has 1 fully saturated rings. The topological polar surface area (TPSA) is 24.9 Å². The molecule has 1 aliphatic carbocycles. The third kappa shape index (κ3) is 1.84. The number of thiazole rings is 1. The van der Waals surface area contributed by atoms with Gasteiger partial charge in [0.15, 0.2) is 0 Å². The van der Waals surface area contributed by atoms with Crippen LogP contribution in [-0.4, -0.2) is 17.1 Å². The summed E-state index contributed by atoms with van der Waals surface area (Å²) in [7, 11) is 0. The van der Waals surface area contributed by atoms with Gasteiger partial charge in [-0.05, 0) is 25.8 Å². The second-order valence-corrected chi connectivity index (χ2v) is 7.44. The Kier molecular flexibility index (Phi) is 2.39. The van der Waals surface area contributed by atoms with Crippen LogP contribution >= 0.6 is 11.3 Å². The fourth-order valence-corrected chi connectivity index (χ4v) is 4.49. The van der Waals surface area contributed by atoms with Crippen LogP contribution in [0, 0.1) is 0 Å². The number of benzene rings is 1. The highest BCUT2D eigenvalue weighted by atomic mass is 32.1. The van der Waals surface area contributed by atoms with Crippen molar-refractivity contribution < 1.29 is 0 Å². The average Bonchev–Trinajstić information content (AvgIpc) is 3.00. The summed E-state index contributed by atoms with van der Waals surface area (Å²) in [5, 5.41) is 4.93. The highest BCUT2D eigenvalue weighted by Gasteiger charge is 2.34. The minimum Gasteiger partial charge on any atom is -0.311 e. The SMILES string of the molecule is CC1(C)CC(c2nc3c(s2)Cc2ccccc2-3)CN1. The van der Waals surface area contributed by atoms with E-state index in [1.54, 1.807) is 0 Å². The van der Waals surface area contributed by atoms with Gasteiger partial charge in [-0.1, -0.05) is 24.3 Å². The van der Waals surface area contributed by atoms with Crippen LogP contribution in [0.15, 0.2) is 24.3 Å². The Balaban J connectivity index is 1.70. The molecule has 1 aromatic carbocycles. The van der Waals surface area contributed by atoms with E-state index in [1.165, 1.54) is 33.1 Å². The Labute approximate surface area is 117 Å². The Morgan fingerprint density at radius 3 is 2.95 bits per heavy atom. The second-order valence-electron chi connectivity index (χ2n) is 6.32. The minimum atomic E-state index is 0.263. The van der Waals surface area contributed by atoms with E-state index in [0.29, 0.717) is 5.92 Å². The van der Waals surface area contributed by atoms with Crippen LogP contribution in [0.4, 0.5) is 0 Å². The van der Waals surface area contributed by atoms with E-state index in [1.807, 2.05) is 11.3 Å². The number of fused-ring (bicyclic) bond motifs is 3. The van der Waals surface area contributed by atoms with Crippen LogP contribution in [0.2, 0.25) is 0 Å². The van der Waals surface area contributed by atoms with Crippen LogP contribution in [0.1, 0.15) is 41.6 Å². The zero-order valence-corrected chi connectivity index (χ0v) is 12.2. The summed E-state index contributed by atoms with van der Waals surface area (Å²) >= 11 is 1.93. The Hall–Kier alpha value is -1.19. The van der Waals surface area contributed by atoms with Gasteiger partial charge in [0, 0.05) is 34.9 Å². The first-order chi connectivity index (χ1) is 9.12. The lowest BCUT2D eigenvalue weighted by Crippen LogP contribution is -2.31. The summed E-state index contributed by atoms with van der Waals surface area (Å²) in [6.45, 7) is 5.63. The number of hydrogen-bond acceptors (Lipinski definition) is 3. The smallest absolute Gasteiger partial charge is 0.0979 e. The molecule has 3 heteroatoms. The molecule has 0 amide bonds. The van der Waals surface area contributed by atoms with Crippen molar-refractivity contribution in [3.05, 3.63) is 39.7 Å². The highest BCUT2D eigenvalue weighted by Crippen LogP contribution is 2.43. The van der Waals surface area contributed by atoms with Gasteiger partial charge in [-0.3, -0.25) is 0 Å². The number of nitrogens with zero attached hydrogens (tertiary/aromatic N) is 1. The van der Waals surface area contributed by atoms with Gasteiger partial charge in [0.2, 0.25) is 0 Å². The maximum Gasteiger partial charge on any atom is 0.0979 e. The number of rotatable bonds is 1. The molecule has 1 aromatic heterocycles. The van der Waals surface area contributed by atoms with E-state index in [2.05, 4.69) is 43.4 Å². The van der Waals surface area contributed by atoms with Crippen LogP contribution in [0.5, 0.6) is 0 Å². The molecule has 2 nitrogen and oxygen atoms in total. The first kappa shape index (κ1) is 11.6. The highest BCUT2D eigenvalue weighted by molar-refractivity contribution is 7.12. The molecule has 4 rings (SSSR count). The molecule has 0 saturated carbocycles. The fourth-order valence-electron chi connectivity index (χ4n) is 3.29. The van der Waals surface area contributed by atoms with Crippen molar-refractivity contribution in [2.45, 2.75) is 38.1 Å². The van der Waals surface area contributed by atoms with Crippen molar-refractivity contribution in [1.29, 1.82) is 0 Å². The Morgan fingerprint density at radius 2 is 2.16 bits per heavy atom. The van der Waals surface area contributed by atoms with Gasteiger partial charge < -0.3 is 5.32 Å². The molecule has 19 heavy (non-hydrogen) atoms. The predicted octanol–water partition coefficient (Wildman–Crippen LogP) is 3.57. The molecule has 1 atom stereocenters. The van der Waals surface area contributed by atoms with E-state index in [9.17, 15) is 0 Å². The van der Waals surface area contributed by atoms with Gasteiger partial charge in [-0.25, -0.2) is 4.98 Å². The molecule has 2 heterocycles. The van der Waals surface area contributed by atoms with Gasteiger partial charge in [0.1, 0.15) is 0 Å². The Bertz CT molecular complexity index is 642. The van der Waals surface area contributed by atoms with Crippen molar-refractivity contribution in [1.82, 2.24) is 10.3 Å². The van der Waals surface area contributed by atoms with Gasteiger partial charge in [-0.15, -0.1) is 11.3 Å². The summed E-state index contributed by atoms with van der Waals surface area (Å²) < 4.78 is 0. The zero-order chi connectivity index (χ0) is 13.0. The van der Waals surface area contributed by atoms with Crippen molar-refractivity contribution in [3.8, 4) is 11.3 Å². The summed E-state index contributed by atoms with van der Waals surface area (Å²) in [5.41, 5.74) is 4.30. The molecule has 0 radical (unpaired) electrons. The van der Waals surface area contributed by atoms with Gasteiger partial charge >= 0.3 is 0 Å². The quantitative estimate of drug-likeness (QED) is 0.731. The van der Waals surface area contributed by atoms with E-state index in [0.717, 1.165) is 13.0 Å². The molecule has 2 aliphatic rings. The molecule has 2 aromatic rings. The molecule has 1 aliphatic heterocycles. The third-order valence-electron chi connectivity index (χ3n) is 4.27. The molecule has 0 bridgehead atoms. The van der Waals surface area contributed by atoms with Crippen molar-refractivity contribution >= 4 is 11.3 Å². The molecular weight excluding hydrogens is 252 g/mol. The number of hydrogen-bond donors (Lipinski definition) is 1. The summed E-state index contributed by atoms with van der Waals surface area (Å²) in [6, 6.07) is 8.68. The van der Waals surface area contributed by atoms with E-state index in [4.69, 9.17) is 4.98 Å². The standard InChI is InChI=1S/C16H18N2S/c1-16(2)8-11(9-17-16)15-18-14-12-6-4-3-5-10(12)7-13(14)19-15/h3-6,11,17H,7-9H2,1-2H3. The van der Waals surface area contributed by atoms with Gasteiger partial charge in [-0.2, -0.15) is 0 Å². The molecule has 1 N–H and O–H groups in total. The average molecular weight is 270 g/mol. The first-order valence-electron chi connectivity index (χ1n) is 6.95. The van der Waals surface area contributed by atoms with Crippen LogP contribution in [-0.2, 0) is 6.42 Å². The third-order valence-corrected chi connectivity index (χ3v) is 5.49. The number of nitrogens with one attached hydrogen (secondary N) is 1. The zero-order valence-electron chi connectivity index (χ0n) is 11.4. The van der Waals surface area contributed by atoms with E-state index >= 15 is 0 Å². The van der Waals surface area contributed by atoms with E-state index < -0.39 is 0 Å². The minimum absolute atomic E-state index is 0.263. The summed E-state index contributed by atoms with van der Waals surface area (Å²) in [4.78, 5) is 6.42. The molecule has 1 unspecified atom stereocenters. The molecule has 1 saturated heterocycles. The summed E-state index contributed by atoms with van der Waals surface area (Å²) in [5.74, 6) is 0.595. The Morgan fingerprint density at radius 1 is 1.32 bits per heavy atom. The maximum atomic E-state index is 4.96. The molecular formula is C16H18N2S. The predicted molar refractivity (Wildman–Crippen MR) is 79.8 cm³/mol. The van der Waals surface area contributed by atoms with Crippen LogP contribution in [0.3, 0.4) is 0 Å². The van der Waals surface area contributed by atoms with Crippen molar-refractivity contribution in [2.75, 3.05) is 6.54 Å². The van der Waals surface area contributed by atoms with Crippen LogP contribution < -0.4 is 5.32 Å². The van der Waals surface area contributed by atoms with Crippen molar-refractivity contribution in [2.24, 2.45) is 0 Å². The lowest BCUT2D eigenvalue weighted by Gasteiger charge is -2.16. The molecule has 98 valence electrons. The largest absolute Gasteiger partial charge is 0.311 e. The van der Waals surface area contributed by atoms with Gasteiger partial charge in [0.05, 0.1) is 10.7 Å².